The molecule has 1 aliphatic heterocycles. The summed E-state index contributed by atoms with van der Waals surface area (Å²) in [6.45, 7) is 6.63. The Morgan fingerprint density at radius 3 is 2.61 bits per heavy atom. The molecule has 0 unspecified atom stereocenters. The average Bonchev–Trinajstić information content (AvgIpc) is 2.51. The standard InChI is InChI=1S/C15H20O3/c1-4-5-11-6-13(10(2)3)15-14(7-11)17-8-12(16)9-18-15/h6-7,10H,4-5,8-9H2,1-3H3. The summed E-state index contributed by atoms with van der Waals surface area (Å²) in [6.07, 6.45) is 2.11. The van der Waals surface area contributed by atoms with Gasteiger partial charge in [0.15, 0.2) is 24.7 Å². The molecule has 0 amide bonds. The zero-order chi connectivity index (χ0) is 13.1. The van der Waals surface area contributed by atoms with Crippen LogP contribution < -0.4 is 9.47 Å². The molecule has 0 bridgehead atoms. The van der Waals surface area contributed by atoms with Gasteiger partial charge in [-0.3, -0.25) is 4.79 Å². The lowest BCUT2D eigenvalue weighted by Crippen LogP contribution is -2.15. The van der Waals surface area contributed by atoms with Crippen LogP contribution in [0.1, 0.15) is 44.2 Å². The van der Waals surface area contributed by atoms with E-state index in [9.17, 15) is 4.79 Å². The van der Waals surface area contributed by atoms with Gasteiger partial charge in [-0.05, 0) is 24.0 Å². The Bertz CT molecular complexity index is 449. The SMILES string of the molecule is CCCc1cc2c(c(C(C)C)c1)OCC(=O)CO2. The van der Waals surface area contributed by atoms with Gasteiger partial charge in [-0.1, -0.05) is 33.3 Å². The molecule has 98 valence electrons. The number of ketones is 1. The number of hydrogen-bond donors (Lipinski definition) is 0. The number of ether oxygens (including phenoxy) is 2. The van der Waals surface area contributed by atoms with Crippen molar-refractivity contribution in [3.63, 3.8) is 0 Å². The van der Waals surface area contributed by atoms with Crippen LogP contribution in [0.25, 0.3) is 0 Å². The van der Waals surface area contributed by atoms with E-state index >= 15 is 0 Å². The summed E-state index contributed by atoms with van der Waals surface area (Å²) in [4.78, 5) is 11.4. The van der Waals surface area contributed by atoms with Crippen molar-refractivity contribution < 1.29 is 14.3 Å². The summed E-state index contributed by atoms with van der Waals surface area (Å²) >= 11 is 0. The Morgan fingerprint density at radius 2 is 1.94 bits per heavy atom. The maximum Gasteiger partial charge on any atom is 0.207 e. The van der Waals surface area contributed by atoms with E-state index < -0.39 is 0 Å². The largest absolute Gasteiger partial charge is 0.482 e. The van der Waals surface area contributed by atoms with Crippen LogP contribution in [-0.4, -0.2) is 19.0 Å². The van der Waals surface area contributed by atoms with Crippen LogP contribution in [0.2, 0.25) is 0 Å². The van der Waals surface area contributed by atoms with Crippen molar-refractivity contribution >= 4 is 5.78 Å². The normalized spacial score (nSPS) is 14.8. The predicted octanol–water partition coefficient (Wildman–Crippen LogP) is 3.10. The highest BCUT2D eigenvalue weighted by Gasteiger charge is 2.21. The fourth-order valence-electron chi connectivity index (χ4n) is 2.16. The molecule has 0 radical (unpaired) electrons. The van der Waals surface area contributed by atoms with Crippen molar-refractivity contribution in [3.05, 3.63) is 23.3 Å². The van der Waals surface area contributed by atoms with Gasteiger partial charge in [0.1, 0.15) is 0 Å². The molecule has 0 spiro atoms. The molecule has 0 saturated carbocycles. The van der Waals surface area contributed by atoms with Crippen LogP contribution in [0, 0.1) is 0 Å². The van der Waals surface area contributed by atoms with Crippen molar-refractivity contribution in [1.29, 1.82) is 0 Å². The minimum atomic E-state index is -0.0158. The molecule has 0 fully saturated rings. The molecule has 3 heteroatoms. The zero-order valence-electron chi connectivity index (χ0n) is 11.3. The summed E-state index contributed by atoms with van der Waals surface area (Å²) in [5, 5.41) is 0. The first kappa shape index (κ1) is 12.9. The Hall–Kier alpha value is -1.51. The molecule has 0 saturated heterocycles. The summed E-state index contributed by atoms with van der Waals surface area (Å²) in [5.74, 6) is 1.80. The Balaban J connectivity index is 2.45. The van der Waals surface area contributed by atoms with Crippen molar-refractivity contribution in [1.82, 2.24) is 0 Å². The van der Waals surface area contributed by atoms with Gasteiger partial charge in [-0.2, -0.15) is 0 Å². The van der Waals surface area contributed by atoms with Crippen molar-refractivity contribution in [3.8, 4) is 11.5 Å². The molecule has 0 N–H and O–H groups in total. The number of Topliss-reactive ketones (excluding diaryl/α,β-unsaturated/α-hetero) is 1. The number of benzene rings is 1. The minimum Gasteiger partial charge on any atom is -0.482 e. The van der Waals surface area contributed by atoms with Crippen molar-refractivity contribution in [2.75, 3.05) is 13.2 Å². The first-order chi connectivity index (χ1) is 8.61. The number of rotatable bonds is 3. The molecule has 18 heavy (non-hydrogen) atoms. The first-order valence-corrected chi connectivity index (χ1v) is 6.56. The first-order valence-electron chi connectivity index (χ1n) is 6.56. The molecular formula is C15H20O3. The lowest BCUT2D eigenvalue weighted by Gasteiger charge is -2.16. The van der Waals surface area contributed by atoms with Gasteiger partial charge >= 0.3 is 0 Å². The highest BCUT2D eigenvalue weighted by Crippen LogP contribution is 2.38. The lowest BCUT2D eigenvalue weighted by molar-refractivity contribution is -0.122. The highest BCUT2D eigenvalue weighted by molar-refractivity contribution is 5.82. The molecule has 1 aromatic rings. The number of carbonyl (C=O) groups is 1. The molecular weight excluding hydrogens is 228 g/mol. The maximum absolute atomic E-state index is 11.4. The number of carbonyl (C=O) groups excluding carboxylic acids is 1. The summed E-state index contributed by atoms with van der Waals surface area (Å²) in [6, 6.07) is 4.18. The Kier molecular flexibility index (Phi) is 3.90. The van der Waals surface area contributed by atoms with Crippen molar-refractivity contribution in [2.45, 2.75) is 39.5 Å². The summed E-state index contributed by atoms with van der Waals surface area (Å²) in [5.41, 5.74) is 2.38. The van der Waals surface area contributed by atoms with Crippen LogP contribution >= 0.6 is 0 Å². The molecule has 0 atom stereocenters. The van der Waals surface area contributed by atoms with Crippen LogP contribution in [0.4, 0.5) is 0 Å². The Labute approximate surface area is 108 Å². The predicted molar refractivity (Wildman–Crippen MR) is 70.5 cm³/mol. The second-order valence-electron chi connectivity index (χ2n) is 5.03. The summed E-state index contributed by atoms with van der Waals surface area (Å²) in [7, 11) is 0. The van der Waals surface area contributed by atoms with E-state index in [4.69, 9.17) is 9.47 Å². The van der Waals surface area contributed by atoms with E-state index in [2.05, 4.69) is 26.8 Å². The molecule has 3 nitrogen and oxygen atoms in total. The Morgan fingerprint density at radius 1 is 1.22 bits per heavy atom. The van der Waals surface area contributed by atoms with Gasteiger partial charge in [0.25, 0.3) is 0 Å². The monoisotopic (exact) mass is 248 g/mol. The van der Waals surface area contributed by atoms with E-state index in [1.807, 2.05) is 6.07 Å². The van der Waals surface area contributed by atoms with E-state index in [0.717, 1.165) is 29.9 Å². The lowest BCUT2D eigenvalue weighted by atomic mass is 9.97. The molecule has 1 aliphatic rings. The average molecular weight is 248 g/mol. The summed E-state index contributed by atoms with van der Waals surface area (Å²) < 4.78 is 11.2. The van der Waals surface area contributed by atoms with Gasteiger partial charge in [0, 0.05) is 5.56 Å². The fraction of sp³-hybridized carbons (Fsp3) is 0.533. The van der Waals surface area contributed by atoms with Crippen LogP contribution in [0.5, 0.6) is 11.5 Å². The molecule has 2 rings (SSSR count). The number of fused-ring (bicyclic) bond motifs is 1. The quantitative estimate of drug-likeness (QED) is 0.824. The fourth-order valence-corrected chi connectivity index (χ4v) is 2.16. The van der Waals surface area contributed by atoms with Crippen LogP contribution in [-0.2, 0) is 11.2 Å². The molecule has 1 aromatic carbocycles. The number of hydrogen-bond acceptors (Lipinski definition) is 3. The second-order valence-corrected chi connectivity index (χ2v) is 5.03. The van der Waals surface area contributed by atoms with E-state index in [-0.39, 0.29) is 19.0 Å². The third-order valence-corrected chi connectivity index (χ3v) is 3.07. The highest BCUT2D eigenvalue weighted by atomic mass is 16.5. The number of aryl methyl sites for hydroxylation is 1. The van der Waals surface area contributed by atoms with Gasteiger partial charge in [0.05, 0.1) is 0 Å². The zero-order valence-corrected chi connectivity index (χ0v) is 11.3. The van der Waals surface area contributed by atoms with Gasteiger partial charge < -0.3 is 9.47 Å². The van der Waals surface area contributed by atoms with E-state index in [1.165, 1.54) is 5.56 Å². The van der Waals surface area contributed by atoms with Crippen LogP contribution in [0.3, 0.4) is 0 Å². The van der Waals surface area contributed by atoms with Gasteiger partial charge in [-0.25, -0.2) is 0 Å². The van der Waals surface area contributed by atoms with Gasteiger partial charge in [-0.15, -0.1) is 0 Å². The van der Waals surface area contributed by atoms with Gasteiger partial charge in [0.2, 0.25) is 5.78 Å². The molecule has 0 aliphatic carbocycles. The van der Waals surface area contributed by atoms with E-state index in [0.29, 0.717) is 5.92 Å². The van der Waals surface area contributed by atoms with E-state index in [1.54, 1.807) is 0 Å². The molecule has 0 aromatic heterocycles. The smallest absolute Gasteiger partial charge is 0.207 e. The molecule has 1 heterocycles. The third-order valence-electron chi connectivity index (χ3n) is 3.07. The third kappa shape index (κ3) is 2.66. The van der Waals surface area contributed by atoms with Crippen LogP contribution in [0.15, 0.2) is 12.1 Å². The minimum absolute atomic E-state index is 0.0158. The topological polar surface area (TPSA) is 35.5 Å². The second kappa shape index (κ2) is 5.42. The maximum atomic E-state index is 11.4. The van der Waals surface area contributed by atoms with Crippen molar-refractivity contribution in [2.24, 2.45) is 0 Å².